The van der Waals surface area contributed by atoms with Gasteiger partial charge in [-0.05, 0) is 170 Å². The molecule has 0 bridgehead atoms. The van der Waals surface area contributed by atoms with Gasteiger partial charge in [-0.25, -0.2) is 0 Å². The Hall–Kier alpha value is -3.89. The lowest BCUT2D eigenvalue weighted by molar-refractivity contribution is -0.150. The van der Waals surface area contributed by atoms with E-state index in [1.807, 2.05) is 44.2 Å². The first-order valence-electron chi connectivity index (χ1n) is 23.5. The topological polar surface area (TPSA) is 103 Å². The predicted molar refractivity (Wildman–Crippen MR) is 254 cm³/mol. The van der Waals surface area contributed by atoms with Crippen LogP contribution in [-0.2, 0) is 25.6 Å². The van der Waals surface area contributed by atoms with Gasteiger partial charge >= 0.3 is 11.9 Å². The zero-order chi connectivity index (χ0) is 44.7. The Bertz CT molecular complexity index is 2100. The Morgan fingerprint density at radius 1 is 0.635 bits per heavy atom. The Kier molecular flexibility index (Phi) is 18.8. The molecular formula is C52H68Cl2N2O7. The van der Waals surface area contributed by atoms with Crippen LogP contribution in [0, 0.1) is 23.7 Å². The molecule has 1 N–H and O–H groups in total. The Balaban J connectivity index is 0.000000177. The van der Waals surface area contributed by atoms with E-state index in [2.05, 4.69) is 48.3 Å². The van der Waals surface area contributed by atoms with Crippen molar-refractivity contribution in [2.45, 2.75) is 123 Å². The SMILES string of the molecule is CC1CCC(Oc2ccc3ccc(C=O)cc3c2Cl)CC1.CCOC(=O)C1CCN(Cc2ccc3ccc(OC4CCC(C)CC4)c(Cl)c3c2)CC1.CCOC(=O)C1CCNCC1. The molecule has 4 aliphatic rings. The lowest BCUT2D eigenvalue weighted by Gasteiger charge is -2.30. The van der Waals surface area contributed by atoms with Crippen molar-refractivity contribution in [1.29, 1.82) is 0 Å². The summed E-state index contributed by atoms with van der Waals surface area (Å²) >= 11 is 13.3. The maximum absolute atomic E-state index is 12.0. The third-order valence-electron chi connectivity index (χ3n) is 13.2. The summed E-state index contributed by atoms with van der Waals surface area (Å²) in [6, 6.07) is 20.1. The molecule has 11 heteroatoms. The van der Waals surface area contributed by atoms with Crippen molar-refractivity contribution in [3.8, 4) is 11.5 Å². The molecule has 2 aliphatic carbocycles. The second-order valence-electron chi connectivity index (χ2n) is 18.0. The highest BCUT2D eigenvalue weighted by atomic mass is 35.5. The molecule has 2 saturated carbocycles. The number of carbonyl (C=O) groups is 3. The van der Waals surface area contributed by atoms with E-state index in [-0.39, 0.29) is 36.0 Å². The predicted octanol–water partition coefficient (Wildman–Crippen LogP) is 12.0. The van der Waals surface area contributed by atoms with Gasteiger partial charge in [0.1, 0.15) is 17.8 Å². The molecule has 63 heavy (non-hydrogen) atoms. The summed E-state index contributed by atoms with van der Waals surface area (Å²) in [7, 11) is 0. The molecule has 2 heterocycles. The van der Waals surface area contributed by atoms with Gasteiger partial charge in [-0.2, -0.15) is 0 Å². The Morgan fingerprint density at radius 2 is 1.10 bits per heavy atom. The molecule has 4 fully saturated rings. The zero-order valence-electron chi connectivity index (χ0n) is 37.8. The van der Waals surface area contributed by atoms with Gasteiger partial charge in [0.2, 0.25) is 0 Å². The maximum atomic E-state index is 12.0. The highest BCUT2D eigenvalue weighted by Gasteiger charge is 2.27. The summed E-state index contributed by atoms with van der Waals surface area (Å²) < 4.78 is 22.5. The van der Waals surface area contributed by atoms with E-state index < -0.39 is 0 Å². The quantitative estimate of drug-likeness (QED) is 0.116. The van der Waals surface area contributed by atoms with Crippen molar-refractivity contribution in [2.75, 3.05) is 39.4 Å². The molecule has 0 aromatic heterocycles. The minimum absolute atomic E-state index is 0.0194. The number of fused-ring (bicyclic) bond motifs is 2. The van der Waals surface area contributed by atoms with Crippen LogP contribution < -0.4 is 14.8 Å². The van der Waals surface area contributed by atoms with Crippen molar-refractivity contribution in [1.82, 2.24) is 10.2 Å². The Labute approximate surface area is 384 Å². The molecule has 0 spiro atoms. The highest BCUT2D eigenvalue weighted by Crippen LogP contribution is 2.38. The van der Waals surface area contributed by atoms with E-state index >= 15 is 0 Å². The smallest absolute Gasteiger partial charge is 0.309 e. The van der Waals surface area contributed by atoms with Crippen LogP contribution in [0.3, 0.4) is 0 Å². The second-order valence-corrected chi connectivity index (χ2v) is 18.7. The number of hydrogen-bond donors (Lipinski definition) is 1. The van der Waals surface area contributed by atoms with Crippen LogP contribution >= 0.6 is 23.2 Å². The molecule has 4 aromatic carbocycles. The van der Waals surface area contributed by atoms with Crippen molar-refractivity contribution in [3.05, 3.63) is 81.8 Å². The fraction of sp³-hybridized carbons (Fsp3) is 0.558. The maximum Gasteiger partial charge on any atom is 0.309 e. The fourth-order valence-corrected chi connectivity index (χ4v) is 9.70. The Morgan fingerprint density at radius 3 is 1.59 bits per heavy atom. The molecule has 8 rings (SSSR count). The summed E-state index contributed by atoms with van der Waals surface area (Å²) in [5.74, 6) is 3.27. The number of likely N-dealkylation sites (tertiary alicyclic amines) is 1. The number of benzene rings is 4. The minimum atomic E-state index is -0.0420. The number of hydrogen-bond acceptors (Lipinski definition) is 9. The number of rotatable bonds is 11. The van der Waals surface area contributed by atoms with Crippen molar-refractivity contribution < 1.29 is 33.3 Å². The highest BCUT2D eigenvalue weighted by molar-refractivity contribution is 6.37. The fourth-order valence-electron chi connectivity index (χ4n) is 9.16. The average molecular weight is 904 g/mol. The summed E-state index contributed by atoms with van der Waals surface area (Å²) in [5.41, 5.74) is 1.88. The van der Waals surface area contributed by atoms with E-state index in [0.29, 0.717) is 23.8 Å². The standard InChI is InChI=1S/C26H34ClNO3.C18H19ClO2.C8H15NO2/c1-3-30-26(29)21-12-14-28(15-13-21)17-19-6-7-20-8-11-24(25(27)23(20)16-19)31-22-9-4-18(2)5-10-22;1-12-2-7-15(8-3-12)21-17-9-6-14-5-4-13(11-20)10-16(14)18(17)19;1-2-11-8(10)7-3-5-9-6-4-7/h6-8,11,16,18,21-22H,3-5,9-10,12-15,17H2,1-2H3;4-6,9-12,15H,2-3,7-8H2,1H3;7,9H,2-6H2,1H3. The summed E-state index contributed by atoms with van der Waals surface area (Å²) in [4.78, 5) is 36.4. The second kappa shape index (κ2) is 24.4. The lowest BCUT2D eigenvalue weighted by Crippen LogP contribution is -2.36. The van der Waals surface area contributed by atoms with E-state index in [9.17, 15) is 14.4 Å². The number of ether oxygens (including phenoxy) is 4. The molecule has 2 aliphatic heterocycles. The number of carbonyl (C=O) groups excluding carboxylic acids is 3. The van der Waals surface area contributed by atoms with Gasteiger partial charge in [-0.3, -0.25) is 19.3 Å². The monoisotopic (exact) mass is 902 g/mol. The molecule has 4 aromatic rings. The normalized spacial score (nSPS) is 22.2. The van der Waals surface area contributed by atoms with Gasteiger partial charge in [0, 0.05) is 22.9 Å². The molecular weight excluding hydrogens is 835 g/mol. The van der Waals surface area contributed by atoms with Crippen molar-refractivity contribution >= 4 is 63.0 Å². The van der Waals surface area contributed by atoms with Gasteiger partial charge in [-0.15, -0.1) is 0 Å². The van der Waals surface area contributed by atoms with E-state index in [4.69, 9.17) is 42.1 Å². The molecule has 342 valence electrons. The molecule has 0 radical (unpaired) electrons. The van der Waals surface area contributed by atoms with Gasteiger partial charge in [0.05, 0.1) is 47.3 Å². The molecule has 0 unspecified atom stereocenters. The van der Waals surface area contributed by atoms with Crippen LogP contribution in [0.4, 0.5) is 0 Å². The van der Waals surface area contributed by atoms with Gasteiger partial charge in [0.15, 0.2) is 0 Å². The first-order chi connectivity index (χ1) is 30.5. The summed E-state index contributed by atoms with van der Waals surface area (Å²) in [5, 5.41) is 8.63. The number of piperidine rings is 2. The number of esters is 2. The lowest BCUT2D eigenvalue weighted by atomic mass is 9.89. The summed E-state index contributed by atoms with van der Waals surface area (Å²) in [6.07, 6.45) is 14.2. The molecule has 0 amide bonds. The third kappa shape index (κ3) is 14.1. The van der Waals surface area contributed by atoms with Crippen molar-refractivity contribution in [2.24, 2.45) is 23.7 Å². The van der Waals surface area contributed by atoms with Crippen LogP contribution in [0.5, 0.6) is 11.5 Å². The average Bonchev–Trinajstić information content (AvgIpc) is 3.31. The largest absolute Gasteiger partial charge is 0.489 e. The number of nitrogens with one attached hydrogen (secondary N) is 1. The van der Waals surface area contributed by atoms with Crippen LogP contribution in [-0.4, -0.2) is 74.7 Å². The van der Waals surface area contributed by atoms with Crippen LogP contribution in [0.25, 0.3) is 21.5 Å². The first kappa shape index (κ1) is 48.6. The van der Waals surface area contributed by atoms with Gasteiger partial charge in [-0.1, -0.05) is 73.4 Å². The first-order valence-corrected chi connectivity index (χ1v) is 24.3. The molecule has 9 nitrogen and oxygen atoms in total. The van der Waals surface area contributed by atoms with E-state index in [1.54, 1.807) is 6.07 Å². The van der Waals surface area contributed by atoms with E-state index in [0.717, 1.165) is 140 Å². The number of aldehydes is 1. The van der Waals surface area contributed by atoms with Gasteiger partial charge in [0.25, 0.3) is 0 Å². The summed E-state index contributed by atoms with van der Waals surface area (Å²) in [6.45, 7) is 13.9. The number of nitrogens with zero attached hydrogens (tertiary/aromatic N) is 1. The van der Waals surface area contributed by atoms with Crippen LogP contribution in [0.15, 0.2) is 60.7 Å². The van der Waals surface area contributed by atoms with E-state index in [1.165, 1.54) is 31.2 Å². The van der Waals surface area contributed by atoms with Crippen LogP contribution in [0.1, 0.15) is 121 Å². The van der Waals surface area contributed by atoms with Crippen molar-refractivity contribution in [3.63, 3.8) is 0 Å². The van der Waals surface area contributed by atoms with Crippen LogP contribution in [0.2, 0.25) is 10.0 Å². The third-order valence-corrected chi connectivity index (χ3v) is 13.9. The minimum Gasteiger partial charge on any atom is -0.489 e. The molecule has 0 atom stereocenters. The van der Waals surface area contributed by atoms with Gasteiger partial charge < -0.3 is 24.3 Å². The zero-order valence-corrected chi connectivity index (χ0v) is 39.3. The molecule has 2 saturated heterocycles. The number of halogens is 2.